The molecule has 0 amide bonds. The first-order chi connectivity index (χ1) is 11.0. The van der Waals surface area contributed by atoms with Crippen molar-refractivity contribution in [3.05, 3.63) is 29.3 Å². The zero-order valence-corrected chi connectivity index (χ0v) is 14.4. The molecule has 0 fully saturated rings. The van der Waals surface area contributed by atoms with Crippen molar-refractivity contribution in [2.75, 3.05) is 25.1 Å². The lowest BCUT2D eigenvalue weighted by Gasteiger charge is -2.12. The van der Waals surface area contributed by atoms with Crippen molar-refractivity contribution in [1.29, 1.82) is 0 Å². The highest BCUT2D eigenvalue weighted by Gasteiger charge is 2.15. The Morgan fingerprint density at radius 1 is 1.00 bits per heavy atom. The molecule has 0 aromatic heterocycles. The Hall–Kier alpha value is -2.15. The van der Waals surface area contributed by atoms with Crippen molar-refractivity contribution in [1.82, 2.24) is 5.32 Å². The number of hydrogen-bond acceptors (Lipinski definition) is 5. The number of anilines is 1. The van der Waals surface area contributed by atoms with Crippen LogP contribution in [0.4, 0.5) is 5.69 Å². The van der Waals surface area contributed by atoms with Crippen molar-refractivity contribution in [2.45, 2.75) is 27.2 Å². The van der Waals surface area contributed by atoms with E-state index in [2.05, 4.69) is 10.6 Å². The molecule has 0 unspecified atom stereocenters. The molecule has 0 aliphatic carbocycles. The molecule has 0 aliphatic rings. The fourth-order valence-electron chi connectivity index (χ4n) is 1.78. The first-order valence-corrected chi connectivity index (χ1v) is 7.96. The first-order valence-electron chi connectivity index (χ1n) is 7.55. The minimum Gasteiger partial charge on any atom is -0.462 e. The fourth-order valence-corrected chi connectivity index (χ4v) is 2.00. The van der Waals surface area contributed by atoms with Crippen LogP contribution in [0.25, 0.3) is 0 Å². The standard InChI is InChI=1S/C16H22N2O4S/c1-4-7-17-16(23)18-13-9-11(14(19)21-5-2)8-12(10-13)15(20)22-6-3/h8-10H,4-7H2,1-3H3,(H2,17,18,23). The van der Waals surface area contributed by atoms with E-state index in [4.69, 9.17) is 21.7 Å². The molecule has 0 atom stereocenters. The van der Waals surface area contributed by atoms with Crippen molar-refractivity contribution < 1.29 is 19.1 Å². The molecule has 0 radical (unpaired) electrons. The van der Waals surface area contributed by atoms with Crippen molar-refractivity contribution in [3.63, 3.8) is 0 Å². The van der Waals surface area contributed by atoms with E-state index in [0.29, 0.717) is 10.8 Å². The Morgan fingerprint density at radius 3 is 1.96 bits per heavy atom. The summed E-state index contributed by atoms with van der Waals surface area (Å²) in [5.74, 6) is -1.01. The molecule has 126 valence electrons. The molecular weight excluding hydrogens is 316 g/mol. The summed E-state index contributed by atoms with van der Waals surface area (Å²) >= 11 is 5.17. The van der Waals surface area contributed by atoms with Gasteiger partial charge >= 0.3 is 11.9 Å². The molecule has 23 heavy (non-hydrogen) atoms. The highest BCUT2D eigenvalue weighted by molar-refractivity contribution is 7.80. The summed E-state index contributed by atoms with van der Waals surface area (Å²) in [6.45, 7) is 6.69. The van der Waals surface area contributed by atoms with Gasteiger partial charge in [0.1, 0.15) is 0 Å². The molecular formula is C16H22N2O4S. The van der Waals surface area contributed by atoms with Gasteiger partial charge in [-0.25, -0.2) is 9.59 Å². The van der Waals surface area contributed by atoms with Crippen LogP contribution in [0.5, 0.6) is 0 Å². The summed E-state index contributed by atoms with van der Waals surface area (Å²) in [6.07, 6.45) is 0.929. The molecule has 0 saturated heterocycles. The van der Waals surface area contributed by atoms with Crippen LogP contribution in [-0.4, -0.2) is 36.8 Å². The van der Waals surface area contributed by atoms with E-state index in [9.17, 15) is 9.59 Å². The molecule has 0 bridgehead atoms. The van der Waals surface area contributed by atoms with Gasteiger partial charge in [0.25, 0.3) is 0 Å². The maximum absolute atomic E-state index is 11.9. The molecule has 1 aromatic carbocycles. The number of nitrogens with one attached hydrogen (secondary N) is 2. The minimum atomic E-state index is -0.505. The smallest absolute Gasteiger partial charge is 0.338 e. The maximum atomic E-state index is 11.9. The summed E-state index contributed by atoms with van der Waals surface area (Å²) in [5.41, 5.74) is 1.04. The fraction of sp³-hybridized carbons (Fsp3) is 0.438. The normalized spacial score (nSPS) is 9.87. The van der Waals surface area contributed by atoms with Gasteiger partial charge in [-0.2, -0.15) is 0 Å². The quantitative estimate of drug-likeness (QED) is 0.585. The summed E-state index contributed by atoms with van der Waals surface area (Å²) in [6, 6.07) is 4.62. The monoisotopic (exact) mass is 338 g/mol. The predicted octanol–water partition coefficient (Wildman–Crippen LogP) is 2.74. The Balaban J connectivity index is 3.05. The van der Waals surface area contributed by atoms with Crippen LogP contribution in [0.1, 0.15) is 47.9 Å². The second-order valence-electron chi connectivity index (χ2n) is 4.62. The number of benzene rings is 1. The third-order valence-corrected chi connectivity index (χ3v) is 3.00. The number of esters is 2. The SMILES string of the molecule is CCCNC(=S)Nc1cc(C(=O)OCC)cc(C(=O)OCC)c1. The Kier molecular flexibility index (Phi) is 8.04. The highest BCUT2D eigenvalue weighted by Crippen LogP contribution is 2.17. The van der Waals surface area contributed by atoms with E-state index in [1.807, 2.05) is 6.92 Å². The average Bonchev–Trinajstić information content (AvgIpc) is 2.53. The molecule has 1 aromatic rings. The first kappa shape index (κ1) is 18.9. The van der Waals surface area contributed by atoms with E-state index in [1.165, 1.54) is 6.07 Å². The lowest BCUT2D eigenvalue weighted by Crippen LogP contribution is -2.29. The second-order valence-corrected chi connectivity index (χ2v) is 5.03. The van der Waals surface area contributed by atoms with E-state index in [1.54, 1.807) is 26.0 Å². The van der Waals surface area contributed by atoms with Crippen LogP contribution in [0.3, 0.4) is 0 Å². The van der Waals surface area contributed by atoms with Gasteiger partial charge in [-0.15, -0.1) is 0 Å². The number of rotatable bonds is 7. The van der Waals surface area contributed by atoms with Gasteiger partial charge in [0.05, 0.1) is 24.3 Å². The summed E-state index contributed by atoms with van der Waals surface area (Å²) in [7, 11) is 0. The van der Waals surface area contributed by atoms with Crippen LogP contribution >= 0.6 is 12.2 Å². The second kappa shape index (κ2) is 9.78. The number of ether oxygens (including phenoxy) is 2. The van der Waals surface area contributed by atoms with Gasteiger partial charge < -0.3 is 20.1 Å². The third kappa shape index (κ3) is 6.23. The van der Waals surface area contributed by atoms with Gasteiger partial charge in [-0.3, -0.25) is 0 Å². The van der Waals surface area contributed by atoms with Crippen LogP contribution < -0.4 is 10.6 Å². The molecule has 0 saturated carbocycles. The predicted molar refractivity (Wildman–Crippen MR) is 92.9 cm³/mol. The van der Waals surface area contributed by atoms with Crippen LogP contribution in [0, 0.1) is 0 Å². The number of thiocarbonyl (C=S) groups is 1. The van der Waals surface area contributed by atoms with Gasteiger partial charge in [0.2, 0.25) is 0 Å². The highest BCUT2D eigenvalue weighted by atomic mass is 32.1. The minimum absolute atomic E-state index is 0.252. The summed E-state index contributed by atoms with van der Waals surface area (Å²) < 4.78 is 9.96. The van der Waals surface area contributed by atoms with E-state index in [0.717, 1.165) is 13.0 Å². The number of hydrogen-bond donors (Lipinski definition) is 2. The lowest BCUT2D eigenvalue weighted by molar-refractivity contribution is 0.0525. The summed E-state index contributed by atoms with van der Waals surface area (Å²) in [5, 5.41) is 6.39. The van der Waals surface area contributed by atoms with Crippen molar-refractivity contribution in [2.24, 2.45) is 0 Å². The van der Waals surface area contributed by atoms with Gasteiger partial charge in [0, 0.05) is 12.2 Å². The number of carbonyl (C=O) groups is 2. The van der Waals surface area contributed by atoms with Gasteiger partial charge in [0.15, 0.2) is 5.11 Å². The average molecular weight is 338 g/mol. The van der Waals surface area contributed by atoms with E-state index in [-0.39, 0.29) is 24.3 Å². The molecule has 6 nitrogen and oxygen atoms in total. The Morgan fingerprint density at radius 2 is 1.52 bits per heavy atom. The third-order valence-electron chi connectivity index (χ3n) is 2.75. The van der Waals surface area contributed by atoms with Crippen LogP contribution in [-0.2, 0) is 9.47 Å². The van der Waals surface area contributed by atoms with Crippen molar-refractivity contribution in [3.8, 4) is 0 Å². The van der Waals surface area contributed by atoms with Gasteiger partial charge in [-0.05, 0) is 50.7 Å². The van der Waals surface area contributed by atoms with Crippen molar-refractivity contribution >= 4 is 35.0 Å². The topological polar surface area (TPSA) is 76.7 Å². The van der Waals surface area contributed by atoms with Crippen LogP contribution in [0.2, 0.25) is 0 Å². The molecule has 0 heterocycles. The molecule has 1 rings (SSSR count). The lowest BCUT2D eigenvalue weighted by atomic mass is 10.1. The zero-order valence-electron chi connectivity index (χ0n) is 13.6. The largest absolute Gasteiger partial charge is 0.462 e. The maximum Gasteiger partial charge on any atom is 0.338 e. The van der Waals surface area contributed by atoms with Gasteiger partial charge in [-0.1, -0.05) is 6.92 Å². The summed E-state index contributed by atoms with van der Waals surface area (Å²) in [4.78, 5) is 23.9. The van der Waals surface area contributed by atoms with Crippen LogP contribution in [0.15, 0.2) is 18.2 Å². The molecule has 0 spiro atoms. The molecule has 7 heteroatoms. The Labute approximate surface area is 141 Å². The zero-order chi connectivity index (χ0) is 17.2. The van der Waals surface area contributed by atoms with E-state index >= 15 is 0 Å². The number of carbonyl (C=O) groups excluding carboxylic acids is 2. The van der Waals surface area contributed by atoms with E-state index < -0.39 is 11.9 Å². The molecule has 0 aliphatic heterocycles. The molecule has 2 N–H and O–H groups in total. The Bertz CT molecular complexity index is 539.